The van der Waals surface area contributed by atoms with E-state index in [4.69, 9.17) is 5.73 Å². The number of methoxy groups -OCH3 is 1. The Labute approximate surface area is 76.4 Å². The average molecular weight is 238 g/mol. The van der Waals surface area contributed by atoms with E-state index in [9.17, 15) is 8.78 Å². The van der Waals surface area contributed by atoms with Gasteiger partial charge in [0.2, 0.25) is 0 Å². The van der Waals surface area contributed by atoms with E-state index in [1.165, 1.54) is 7.11 Å². The first-order valence-electron chi connectivity index (χ1n) is 3.05. The number of hydrogen-bond acceptors (Lipinski definition) is 2. The van der Waals surface area contributed by atoms with Crippen molar-refractivity contribution in [3.63, 3.8) is 0 Å². The summed E-state index contributed by atoms with van der Waals surface area (Å²) in [5.74, 6) is -1.68. The van der Waals surface area contributed by atoms with Crippen molar-refractivity contribution in [2.75, 3.05) is 12.8 Å². The zero-order chi connectivity index (χ0) is 9.30. The van der Waals surface area contributed by atoms with Crippen molar-refractivity contribution in [1.82, 2.24) is 0 Å². The van der Waals surface area contributed by atoms with Gasteiger partial charge in [-0.2, -0.15) is 0 Å². The number of ether oxygens (including phenoxy) is 1. The van der Waals surface area contributed by atoms with Gasteiger partial charge in [-0.25, -0.2) is 8.78 Å². The van der Waals surface area contributed by atoms with Gasteiger partial charge in [0.1, 0.15) is 5.69 Å². The Morgan fingerprint density at radius 2 is 2.08 bits per heavy atom. The summed E-state index contributed by atoms with van der Waals surface area (Å²) in [5.41, 5.74) is 4.88. The molecule has 0 fully saturated rings. The number of anilines is 1. The van der Waals surface area contributed by atoms with Crippen molar-refractivity contribution in [3.8, 4) is 5.75 Å². The van der Waals surface area contributed by atoms with Gasteiger partial charge in [-0.15, -0.1) is 0 Å². The molecular weight excluding hydrogens is 232 g/mol. The molecule has 0 bridgehead atoms. The highest BCUT2D eigenvalue weighted by molar-refractivity contribution is 9.10. The molecular formula is C7H6BrF2NO. The predicted molar refractivity (Wildman–Crippen MR) is 45.0 cm³/mol. The van der Waals surface area contributed by atoms with Crippen LogP contribution in [0.2, 0.25) is 0 Å². The molecule has 1 aromatic carbocycles. The van der Waals surface area contributed by atoms with Gasteiger partial charge in [-0.1, -0.05) is 0 Å². The number of hydrogen-bond donors (Lipinski definition) is 1. The molecule has 0 aliphatic rings. The Hall–Kier alpha value is -0.840. The van der Waals surface area contributed by atoms with Gasteiger partial charge in [-0.05, 0) is 22.0 Å². The van der Waals surface area contributed by atoms with Crippen LogP contribution in [0.15, 0.2) is 10.5 Å². The Morgan fingerprint density at radius 3 is 2.58 bits per heavy atom. The van der Waals surface area contributed by atoms with E-state index >= 15 is 0 Å². The molecule has 0 aromatic heterocycles. The number of nitrogens with two attached hydrogens (primary N) is 1. The number of nitrogen functional groups attached to an aromatic ring is 1. The summed E-state index contributed by atoms with van der Waals surface area (Å²) < 4.78 is 30.4. The first-order valence-corrected chi connectivity index (χ1v) is 3.84. The highest BCUT2D eigenvalue weighted by Crippen LogP contribution is 2.32. The van der Waals surface area contributed by atoms with Crippen molar-refractivity contribution >= 4 is 21.6 Å². The minimum atomic E-state index is -0.708. The highest BCUT2D eigenvalue weighted by Gasteiger charge is 2.15. The van der Waals surface area contributed by atoms with Crippen LogP contribution in [0.3, 0.4) is 0 Å². The smallest absolute Gasteiger partial charge is 0.181 e. The second-order valence-electron chi connectivity index (χ2n) is 2.10. The summed E-state index contributed by atoms with van der Waals surface area (Å²) in [4.78, 5) is 0. The fraction of sp³-hybridized carbons (Fsp3) is 0.143. The Morgan fingerprint density at radius 1 is 1.50 bits per heavy atom. The lowest BCUT2D eigenvalue weighted by molar-refractivity contribution is 0.384. The van der Waals surface area contributed by atoms with Crippen LogP contribution in [0.25, 0.3) is 0 Å². The largest absolute Gasteiger partial charge is 0.491 e. The van der Waals surface area contributed by atoms with E-state index in [1.54, 1.807) is 0 Å². The van der Waals surface area contributed by atoms with Crippen molar-refractivity contribution in [1.29, 1.82) is 0 Å². The summed E-state index contributed by atoms with van der Waals surface area (Å²) in [6.07, 6.45) is 0. The third-order valence-corrected chi connectivity index (χ3v) is 1.95. The molecule has 12 heavy (non-hydrogen) atoms. The highest BCUT2D eigenvalue weighted by atomic mass is 79.9. The minimum Gasteiger partial charge on any atom is -0.491 e. The molecule has 0 aliphatic heterocycles. The van der Waals surface area contributed by atoms with Gasteiger partial charge in [0.05, 0.1) is 11.6 Å². The lowest BCUT2D eigenvalue weighted by Crippen LogP contribution is -1.99. The molecule has 2 N–H and O–H groups in total. The molecule has 1 rings (SSSR count). The fourth-order valence-electron chi connectivity index (χ4n) is 0.787. The van der Waals surface area contributed by atoms with Gasteiger partial charge in [0.15, 0.2) is 17.4 Å². The molecule has 0 saturated carbocycles. The van der Waals surface area contributed by atoms with E-state index in [1.807, 2.05) is 0 Å². The van der Waals surface area contributed by atoms with Crippen molar-refractivity contribution in [2.45, 2.75) is 0 Å². The van der Waals surface area contributed by atoms with E-state index in [0.717, 1.165) is 6.07 Å². The summed E-state index contributed by atoms with van der Waals surface area (Å²) >= 11 is 2.82. The fourth-order valence-corrected chi connectivity index (χ4v) is 1.17. The van der Waals surface area contributed by atoms with Crippen LogP contribution in [0.1, 0.15) is 0 Å². The Kier molecular flexibility index (Phi) is 2.52. The molecule has 0 saturated heterocycles. The number of benzene rings is 1. The maximum absolute atomic E-state index is 13.0. The summed E-state index contributed by atoms with van der Waals surface area (Å²) in [6.45, 7) is 0. The van der Waals surface area contributed by atoms with Gasteiger partial charge in [0, 0.05) is 0 Å². The Bertz CT molecular complexity index is 291. The van der Waals surface area contributed by atoms with Crippen LogP contribution in [-0.4, -0.2) is 7.11 Å². The SMILES string of the molecule is COc1c(N)c(F)cc(Br)c1F. The van der Waals surface area contributed by atoms with E-state index in [2.05, 4.69) is 20.7 Å². The van der Waals surface area contributed by atoms with E-state index < -0.39 is 11.6 Å². The normalized spacial score (nSPS) is 10.0. The maximum Gasteiger partial charge on any atom is 0.181 e. The zero-order valence-corrected chi connectivity index (χ0v) is 7.78. The van der Waals surface area contributed by atoms with Crippen molar-refractivity contribution < 1.29 is 13.5 Å². The van der Waals surface area contributed by atoms with Crippen molar-refractivity contribution in [2.24, 2.45) is 0 Å². The third-order valence-electron chi connectivity index (χ3n) is 1.37. The quantitative estimate of drug-likeness (QED) is 0.601. The molecule has 0 unspecified atom stereocenters. The second kappa shape index (κ2) is 3.26. The molecule has 0 heterocycles. The lowest BCUT2D eigenvalue weighted by atomic mass is 10.3. The van der Waals surface area contributed by atoms with Crippen LogP contribution in [0, 0.1) is 11.6 Å². The minimum absolute atomic E-state index is 0.00829. The summed E-state index contributed by atoms with van der Waals surface area (Å²) in [6, 6.07) is 0.952. The number of halogens is 3. The zero-order valence-electron chi connectivity index (χ0n) is 6.20. The molecule has 0 spiro atoms. The van der Waals surface area contributed by atoms with Gasteiger partial charge >= 0.3 is 0 Å². The first kappa shape index (κ1) is 9.25. The van der Waals surface area contributed by atoms with Gasteiger partial charge < -0.3 is 10.5 Å². The monoisotopic (exact) mass is 237 g/mol. The molecule has 1 aromatic rings. The molecule has 0 aliphatic carbocycles. The topological polar surface area (TPSA) is 35.2 Å². The summed E-state index contributed by atoms with van der Waals surface area (Å²) in [5, 5.41) is 0. The standard InChI is InChI=1S/C7H6BrF2NO/c1-12-7-5(10)3(8)2-4(9)6(7)11/h2H,11H2,1H3. The lowest BCUT2D eigenvalue weighted by Gasteiger charge is -2.07. The summed E-state index contributed by atoms with van der Waals surface area (Å²) in [7, 11) is 1.22. The van der Waals surface area contributed by atoms with E-state index in [0.29, 0.717) is 0 Å². The van der Waals surface area contributed by atoms with Crippen molar-refractivity contribution in [3.05, 3.63) is 22.2 Å². The van der Waals surface area contributed by atoms with Crippen LogP contribution in [-0.2, 0) is 0 Å². The van der Waals surface area contributed by atoms with Crippen LogP contribution < -0.4 is 10.5 Å². The van der Waals surface area contributed by atoms with Gasteiger partial charge in [-0.3, -0.25) is 0 Å². The third kappa shape index (κ3) is 1.36. The molecule has 0 amide bonds. The number of rotatable bonds is 1. The van der Waals surface area contributed by atoms with Gasteiger partial charge in [0.25, 0.3) is 0 Å². The molecule has 66 valence electrons. The van der Waals surface area contributed by atoms with Crippen LogP contribution >= 0.6 is 15.9 Å². The second-order valence-corrected chi connectivity index (χ2v) is 2.96. The molecule has 2 nitrogen and oxygen atoms in total. The Balaban J connectivity index is 3.42. The van der Waals surface area contributed by atoms with E-state index in [-0.39, 0.29) is 15.9 Å². The van der Waals surface area contributed by atoms with Crippen LogP contribution in [0.5, 0.6) is 5.75 Å². The predicted octanol–water partition coefficient (Wildman–Crippen LogP) is 2.32. The van der Waals surface area contributed by atoms with Crippen LogP contribution in [0.4, 0.5) is 14.5 Å². The maximum atomic E-state index is 13.0. The first-order chi connectivity index (χ1) is 5.57. The molecule has 0 radical (unpaired) electrons. The molecule has 0 atom stereocenters. The molecule has 5 heteroatoms. The average Bonchev–Trinajstić information content (AvgIpc) is 2.02.